The molecule has 1 saturated heterocycles. The average molecular weight is 309 g/mol. The van der Waals surface area contributed by atoms with Gasteiger partial charge in [-0.05, 0) is 63.0 Å². The number of hydrogen-bond acceptors (Lipinski definition) is 5. The molecule has 1 aromatic rings. The summed E-state index contributed by atoms with van der Waals surface area (Å²) in [6.45, 7) is 6.29. The first kappa shape index (κ1) is 15.4. The van der Waals surface area contributed by atoms with Gasteiger partial charge in [0.2, 0.25) is 0 Å². The van der Waals surface area contributed by atoms with E-state index in [1.54, 1.807) is 11.5 Å². The predicted molar refractivity (Wildman–Crippen MR) is 85.6 cm³/mol. The highest BCUT2D eigenvalue weighted by Gasteiger charge is 2.42. The fourth-order valence-corrected chi connectivity index (χ4v) is 4.83. The van der Waals surface area contributed by atoms with Gasteiger partial charge in [-0.25, -0.2) is 0 Å². The lowest BCUT2D eigenvalue weighted by Crippen LogP contribution is -2.42. The molecule has 1 aromatic heterocycles. The maximum atomic E-state index is 6.20. The van der Waals surface area contributed by atoms with Crippen LogP contribution >= 0.6 is 11.5 Å². The number of hydrogen-bond donors (Lipinski definition) is 1. The van der Waals surface area contributed by atoms with Crippen molar-refractivity contribution in [1.82, 2.24) is 14.9 Å². The molecule has 1 aliphatic carbocycles. The summed E-state index contributed by atoms with van der Waals surface area (Å²) in [6.07, 6.45) is 8.69. The third kappa shape index (κ3) is 3.30. The monoisotopic (exact) mass is 309 g/mol. The summed E-state index contributed by atoms with van der Waals surface area (Å²) in [4.78, 5) is 1.34. The predicted octanol–water partition coefficient (Wildman–Crippen LogP) is 3.63. The molecule has 0 bridgehead atoms. The molecule has 1 N–H and O–H groups in total. The molecular weight excluding hydrogens is 282 g/mol. The molecule has 5 heteroatoms. The van der Waals surface area contributed by atoms with Crippen molar-refractivity contribution in [1.29, 1.82) is 0 Å². The standard InChI is InChI=1S/C16H27N3OS/c1-3-9-17-14(15-12(2)18-19-21-15)13-6-10-20-16(11-13)7-4-5-8-16/h13-14,17H,3-11H2,1-2H3. The maximum absolute atomic E-state index is 6.20. The van der Waals surface area contributed by atoms with Gasteiger partial charge in [-0.15, -0.1) is 5.10 Å². The molecular formula is C16H27N3OS. The molecule has 0 amide bonds. The Bertz CT molecular complexity index is 456. The van der Waals surface area contributed by atoms with Gasteiger partial charge in [0.1, 0.15) is 0 Å². The largest absolute Gasteiger partial charge is 0.375 e. The Hall–Kier alpha value is -0.520. The van der Waals surface area contributed by atoms with Crippen molar-refractivity contribution in [2.75, 3.05) is 13.2 Å². The minimum absolute atomic E-state index is 0.182. The van der Waals surface area contributed by atoms with Crippen LogP contribution in [0, 0.1) is 12.8 Å². The lowest BCUT2D eigenvalue weighted by Gasteiger charge is -2.41. The van der Waals surface area contributed by atoms with Crippen LogP contribution in [0.25, 0.3) is 0 Å². The van der Waals surface area contributed by atoms with E-state index in [9.17, 15) is 0 Å². The molecule has 1 spiro atoms. The fraction of sp³-hybridized carbons (Fsp3) is 0.875. The molecule has 2 atom stereocenters. The summed E-state index contributed by atoms with van der Waals surface area (Å²) in [7, 11) is 0. The van der Waals surface area contributed by atoms with Crippen molar-refractivity contribution >= 4 is 11.5 Å². The lowest BCUT2D eigenvalue weighted by atomic mass is 9.80. The summed E-state index contributed by atoms with van der Waals surface area (Å²) in [5.41, 5.74) is 1.28. The Morgan fingerprint density at radius 2 is 2.24 bits per heavy atom. The summed E-state index contributed by atoms with van der Waals surface area (Å²) in [6, 6.07) is 0.409. The third-order valence-corrected chi connectivity index (χ3v) is 6.01. The van der Waals surface area contributed by atoms with Crippen molar-refractivity contribution in [2.24, 2.45) is 5.92 Å². The molecule has 118 valence electrons. The average Bonchev–Trinajstić information content (AvgIpc) is 3.10. The van der Waals surface area contributed by atoms with E-state index in [1.165, 1.54) is 37.0 Å². The Labute approximate surface area is 131 Å². The first-order valence-corrected chi connectivity index (χ1v) is 9.18. The molecule has 21 heavy (non-hydrogen) atoms. The van der Waals surface area contributed by atoms with Crippen LogP contribution in [0.5, 0.6) is 0 Å². The number of aromatic nitrogens is 2. The van der Waals surface area contributed by atoms with E-state index in [4.69, 9.17) is 4.74 Å². The van der Waals surface area contributed by atoms with Crippen LogP contribution < -0.4 is 5.32 Å². The van der Waals surface area contributed by atoms with Gasteiger partial charge in [0.15, 0.2) is 0 Å². The molecule has 2 aliphatic rings. The SMILES string of the molecule is CCCNC(c1snnc1C)C1CCOC2(CCCC2)C1. The topological polar surface area (TPSA) is 47.0 Å². The number of rotatable bonds is 5. The van der Waals surface area contributed by atoms with Gasteiger partial charge in [-0.3, -0.25) is 0 Å². The summed E-state index contributed by atoms with van der Waals surface area (Å²) in [5, 5.41) is 7.99. The first-order chi connectivity index (χ1) is 10.2. The van der Waals surface area contributed by atoms with Crippen molar-refractivity contribution in [3.63, 3.8) is 0 Å². The molecule has 2 heterocycles. The van der Waals surface area contributed by atoms with Crippen molar-refractivity contribution in [2.45, 2.75) is 70.4 Å². The second kappa shape index (κ2) is 6.71. The molecule has 4 nitrogen and oxygen atoms in total. The zero-order valence-corrected chi connectivity index (χ0v) is 14.0. The molecule has 2 fully saturated rings. The van der Waals surface area contributed by atoms with Crippen molar-refractivity contribution < 1.29 is 4.74 Å². The van der Waals surface area contributed by atoms with E-state index in [1.807, 2.05) is 0 Å². The highest BCUT2D eigenvalue weighted by atomic mass is 32.1. The van der Waals surface area contributed by atoms with Gasteiger partial charge in [0, 0.05) is 12.6 Å². The fourth-order valence-electron chi connectivity index (χ4n) is 4.01. The van der Waals surface area contributed by atoms with Gasteiger partial charge in [0.05, 0.1) is 16.2 Å². The van der Waals surface area contributed by atoms with E-state index >= 15 is 0 Å². The van der Waals surface area contributed by atoms with Crippen LogP contribution in [0.4, 0.5) is 0 Å². The van der Waals surface area contributed by atoms with E-state index < -0.39 is 0 Å². The Kier molecular flexibility index (Phi) is 4.92. The van der Waals surface area contributed by atoms with E-state index in [0.717, 1.165) is 31.7 Å². The van der Waals surface area contributed by atoms with E-state index in [0.29, 0.717) is 12.0 Å². The van der Waals surface area contributed by atoms with Crippen molar-refractivity contribution in [3.05, 3.63) is 10.6 Å². The van der Waals surface area contributed by atoms with Crippen LogP contribution in [-0.4, -0.2) is 28.3 Å². The summed E-state index contributed by atoms with van der Waals surface area (Å²) >= 11 is 1.57. The number of aryl methyl sites for hydroxylation is 1. The molecule has 0 aromatic carbocycles. The van der Waals surface area contributed by atoms with Gasteiger partial charge in [0.25, 0.3) is 0 Å². The summed E-state index contributed by atoms with van der Waals surface area (Å²) < 4.78 is 10.4. The van der Waals surface area contributed by atoms with Gasteiger partial charge < -0.3 is 10.1 Å². The van der Waals surface area contributed by atoms with Crippen LogP contribution in [0.15, 0.2) is 0 Å². The van der Waals surface area contributed by atoms with Crippen LogP contribution in [-0.2, 0) is 4.74 Å². The van der Waals surface area contributed by atoms with Gasteiger partial charge in [-0.2, -0.15) is 0 Å². The third-order valence-electron chi connectivity index (χ3n) is 5.10. The van der Waals surface area contributed by atoms with Crippen LogP contribution in [0.3, 0.4) is 0 Å². The highest BCUT2D eigenvalue weighted by molar-refractivity contribution is 7.05. The Balaban J connectivity index is 1.77. The number of nitrogens with zero attached hydrogens (tertiary/aromatic N) is 2. The molecule has 0 radical (unpaired) electrons. The lowest BCUT2D eigenvalue weighted by molar-refractivity contribution is -0.0980. The Morgan fingerprint density at radius 1 is 1.43 bits per heavy atom. The normalized spacial score (nSPS) is 26.3. The van der Waals surface area contributed by atoms with Gasteiger partial charge >= 0.3 is 0 Å². The maximum Gasteiger partial charge on any atom is 0.0772 e. The van der Waals surface area contributed by atoms with E-state index in [-0.39, 0.29) is 5.60 Å². The van der Waals surface area contributed by atoms with E-state index in [2.05, 4.69) is 28.8 Å². The van der Waals surface area contributed by atoms with Gasteiger partial charge in [-0.1, -0.05) is 24.3 Å². The molecule has 1 aliphatic heterocycles. The highest BCUT2D eigenvalue weighted by Crippen LogP contribution is 2.45. The minimum Gasteiger partial charge on any atom is -0.375 e. The molecule has 2 unspecified atom stereocenters. The van der Waals surface area contributed by atoms with Crippen LogP contribution in [0.2, 0.25) is 0 Å². The number of nitrogens with one attached hydrogen (secondary N) is 1. The Morgan fingerprint density at radius 3 is 2.90 bits per heavy atom. The summed E-state index contributed by atoms with van der Waals surface area (Å²) in [5.74, 6) is 0.657. The number of ether oxygens (including phenoxy) is 1. The first-order valence-electron chi connectivity index (χ1n) is 8.40. The molecule has 3 rings (SSSR count). The molecule has 1 saturated carbocycles. The van der Waals surface area contributed by atoms with Crippen molar-refractivity contribution in [3.8, 4) is 0 Å². The van der Waals surface area contributed by atoms with Crippen LogP contribution in [0.1, 0.15) is 68.5 Å². The second-order valence-electron chi connectivity index (χ2n) is 6.65. The zero-order chi connectivity index (χ0) is 14.7. The second-order valence-corrected chi connectivity index (χ2v) is 7.43. The minimum atomic E-state index is 0.182. The smallest absolute Gasteiger partial charge is 0.0772 e. The quantitative estimate of drug-likeness (QED) is 0.902. The zero-order valence-electron chi connectivity index (χ0n) is 13.2.